The first-order chi connectivity index (χ1) is 9.19. The molecule has 7 nitrogen and oxygen atoms in total. The van der Waals surface area contributed by atoms with Gasteiger partial charge in [0.2, 0.25) is 5.95 Å². The first-order valence-corrected chi connectivity index (χ1v) is 6.63. The van der Waals surface area contributed by atoms with Gasteiger partial charge in [-0.3, -0.25) is 10.5 Å². The molecule has 3 heterocycles. The highest BCUT2D eigenvalue weighted by Crippen LogP contribution is 2.31. The summed E-state index contributed by atoms with van der Waals surface area (Å²) in [6.45, 7) is 5.51. The third-order valence-electron chi connectivity index (χ3n) is 3.81. The van der Waals surface area contributed by atoms with E-state index in [-0.39, 0.29) is 0 Å². The highest BCUT2D eigenvalue weighted by atomic mass is 15.3. The smallest absolute Gasteiger partial charge is 0.241 e. The van der Waals surface area contributed by atoms with Crippen molar-refractivity contribution in [2.24, 2.45) is 11.8 Å². The van der Waals surface area contributed by atoms with E-state index in [1.165, 1.54) is 12.8 Å². The number of piperidine rings is 1. The minimum atomic E-state index is 0.414. The largest absolute Gasteiger partial charge is 0.353 e. The highest BCUT2D eigenvalue weighted by molar-refractivity contribution is 5.87. The molecule has 0 bridgehead atoms. The van der Waals surface area contributed by atoms with Crippen LogP contribution in [0.4, 0.5) is 11.8 Å². The van der Waals surface area contributed by atoms with Crippen LogP contribution in [-0.2, 0) is 0 Å². The van der Waals surface area contributed by atoms with E-state index in [1.54, 1.807) is 6.20 Å². The van der Waals surface area contributed by atoms with Gasteiger partial charge in [0.05, 0.1) is 11.6 Å². The number of aromatic amines is 1. The summed E-state index contributed by atoms with van der Waals surface area (Å²) in [7, 11) is 0. The van der Waals surface area contributed by atoms with Crippen molar-refractivity contribution in [1.82, 2.24) is 20.2 Å². The second-order valence-corrected chi connectivity index (χ2v) is 5.33. The molecule has 2 aromatic heterocycles. The maximum atomic E-state index is 5.44. The van der Waals surface area contributed by atoms with Crippen LogP contribution in [0.2, 0.25) is 0 Å². The Hall–Kier alpha value is -1.89. The van der Waals surface area contributed by atoms with Gasteiger partial charge in [0.25, 0.3) is 0 Å². The molecule has 7 heteroatoms. The van der Waals surface area contributed by atoms with Gasteiger partial charge in [-0.2, -0.15) is 15.1 Å². The number of hydrogen-bond acceptors (Lipinski definition) is 6. The van der Waals surface area contributed by atoms with Crippen LogP contribution in [0.3, 0.4) is 0 Å². The summed E-state index contributed by atoms with van der Waals surface area (Å²) in [5.74, 6) is 7.43. The fourth-order valence-corrected chi connectivity index (χ4v) is 2.69. The number of anilines is 2. The number of H-pyrrole nitrogens is 1. The molecule has 1 saturated heterocycles. The van der Waals surface area contributed by atoms with Crippen LogP contribution in [0.1, 0.15) is 26.7 Å². The van der Waals surface area contributed by atoms with Crippen molar-refractivity contribution in [3.8, 4) is 0 Å². The first kappa shape index (κ1) is 12.2. The molecule has 0 amide bonds. The molecule has 3 rings (SSSR count). The van der Waals surface area contributed by atoms with Gasteiger partial charge in [-0.05, 0) is 25.7 Å². The summed E-state index contributed by atoms with van der Waals surface area (Å²) in [6.07, 6.45) is 4.21. The lowest BCUT2D eigenvalue weighted by atomic mass is 9.95. The molecule has 0 spiro atoms. The van der Waals surface area contributed by atoms with Gasteiger partial charge >= 0.3 is 0 Å². The van der Waals surface area contributed by atoms with E-state index in [1.807, 2.05) is 0 Å². The molecule has 1 fully saturated rings. The molecule has 1 aliphatic rings. The summed E-state index contributed by atoms with van der Waals surface area (Å²) in [5, 5.41) is 7.87. The lowest BCUT2D eigenvalue weighted by Gasteiger charge is -2.37. The predicted molar refractivity (Wildman–Crippen MR) is 74.7 cm³/mol. The fourth-order valence-electron chi connectivity index (χ4n) is 2.69. The quantitative estimate of drug-likeness (QED) is 0.556. The Morgan fingerprint density at radius 1 is 1.37 bits per heavy atom. The van der Waals surface area contributed by atoms with Crippen molar-refractivity contribution in [1.29, 1.82) is 0 Å². The van der Waals surface area contributed by atoms with Crippen LogP contribution in [0.15, 0.2) is 6.20 Å². The molecule has 0 aliphatic carbocycles. The molecule has 0 radical (unpaired) electrons. The van der Waals surface area contributed by atoms with Gasteiger partial charge in [-0.25, -0.2) is 5.84 Å². The molecular formula is C12H19N7. The molecule has 0 aromatic carbocycles. The summed E-state index contributed by atoms with van der Waals surface area (Å²) in [5.41, 5.74) is 3.23. The Morgan fingerprint density at radius 3 is 3.00 bits per heavy atom. The molecule has 102 valence electrons. The van der Waals surface area contributed by atoms with Crippen molar-refractivity contribution in [2.45, 2.75) is 32.7 Å². The van der Waals surface area contributed by atoms with Crippen molar-refractivity contribution in [2.75, 3.05) is 16.9 Å². The number of nitrogen functional groups attached to an aromatic ring is 1. The van der Waals surface area contributed by atoms with Crippen molar-refractivity contribution < 1.29 is 0 Å². The van der Waals surface area contributed by atoms with E-state index in [0.29, 0.717) is 23.6 Å². The second kappa shape index (κ2) is 4.65. The van der Waals surface area contributed by atoms with Gasteiger partial charge in [0.1, 0.15) is 5.82 Å². The lowest BCUT2D eigenvalue weighted by Crippen LogP contribution is -2.41. The number of aromatic nitrogens is 4. The van der Waals surface area contributed by atoms with E-state index < -0.39 is 0 Å². The van der Waals surface area contributed by atoms with Gasteiger partial charge < -0.3 is 4.90 Å². The highest BCUT2D eigenvalue weighted by Gasteiger charge is 2.26. The van der Waals surface area contributed by atoms with E-state index in [0.717, 1.165) is 17.7 Å². The van der Waals surface area contributed by atoms with Crippen molar-refractivity contribution in [3.05, 3.63) is 6.20 Å². The summed E-state index contributed by atoms with van der Waals surface area (Å²) < 4.78 is 0. The summed E-state index contributed by atoms with van der Waals surface area (Å²) >= 11 is 0. The Bertz CT molecular complexity index is 578. The normalized spacial score (nSPS) is 23.8. The Balaban J connectivity index is 2.09. The second-order valence-electron chi connectivity index (χ2n) is 5.33. The number of hydrazine groups is 1. The molecule has 1 aliphatic heterocycles. The van der Waals surface area contributed by atoms with E-state index in [9.17, 15) is 0 Å². The van der Waals surface area contributed by atoms with Gasteiger partial charge in [0, 0.05) is 12.6 Å². The minimum absolute atomic E-state index is 0.414. The van der Waals surface area contributed by atoms with Gasteiger partial charge in [-0.15, -0.1) is 0 Å². The first-order valence-electron chi connectivity index (χ1n) is 6.63. The van der Waals surface area contributed by atoms with E-state index >= 15 is 0 Å². The molecule has 2 aromatic rings. The molecular weight excluding hydrogens is 242 g/mol. The number of nitrogens with zero attached hydrogens (tertiary/aromatic N) is 4. The third kappa shape index (κ3) is 2.10. The SMILES string of the molecule is CC1CCC(C)N(c2nc(NN)nc3[nH]ncc23)C1. The maximum Gasteiger partial charge on any atom is 0.241 e. The molecule has 0 saturated carbocycles. The summed E-state index contributed by atoms with van der Waals surface area (Å²) in [6, 6.07) is 0.467. The number of rotatable bonds is 2. The predicted octanol–water partition coefficient (Wildman–Crippen LogP) is 1.26. The van der Waals surface area contributed by atoms with Crippen molar-refractivity contribution >= 4 is 22.8 Å². The van der Waals surface area contributed by atoms with Crippen LogP contribution in [0, 0.1) is 5.92 Å². The molecule has 2 atom stereocenters. The third-order valence-corrected chi connectivity index (χ3v) is 3.81. The Morgan fingerprint density at radius 2 is 2.21 bits per heavy atom. The Kier molecular flexibility index (Phi) is 2.98. The van der Waals surface area contributed by atoms with E-state index in [2.05, 4.69) is 44.3 Å². The van der Waals surface area contributed by atoms with Crippen LogP contribution in [-0.4, -0.2) is 32.8 Å². The van der Waals surface area contributed by atoms with Crippen LogP contribution >= 0.6 is 0 Å². The van der Waals surface area contributed by atoms with Crippen molar-refractivity contribution in [3.63, 3.8) is 0 Å². The Labute approximate surface area is 111 Å². The lowest BCUT2D eigenvalue weighted by molar-refractivity contribution is 0.389. The number of nitrogens with one attached hydrogen (secondary N) is 2. The zero-order chi connectivity index (χ0) is 13.4. The van der Waals surface area contributed by atoms with E-state index in [4.69, 9.17) is 5.84 Å². The zero-order valence-corrected chi connectivity index (χ0v) is 11.2. The summed E-state index contributed by atoms with van der Waals surface area (Å²) in [4.78, 5) is 11.1. The maximum absolute atomic E-state index is 5.44. The zero-order valence-electron chi connectivity index (χ0n) is 11.2. The van der Waals surface area contributed by atoms with Crippen LogP contribution < -0.4 is 16.2 Å². The number of hydrogen-bond donors (Lipinski definition) is 3. The average molecular weight is 261 g/mol. The molecule has 2 unspecified atom stereocenters. The van der Waals surface area contributed by atoms with Gasteiger partial charge in [0.15, 0.2) is 5.65 Å². The molecule has 19 heavy (non-hydrogen) atoms. The monoisotopic (exact) mass is 261 g/mol. The standard InChI is InChI=1S/C12H19N7/c1-7-3-4-8(2)19(6-7)11-9-5-14-18-10(9)15-12(16-11)17-13/h5,7-8H,3-4,6,13H2,1-2H3,(H2,14,15,16,17,18). The van der Waals surface area contributed by atoms with Gasteiger partial charge in [-0.1, -0.05) is 6.92 Å². The van der Waals surface area contributed by atoms with Crippen LogP contribution in [0.5, 0.6) is 0 Å². The number of nitrogens with two attached hydrogens (primary N) is 1. The molecule has 4 N–H and O–H groups in total. The minimum Gasteiger partial charge on any atom is -0.353 e. The topological polar surface area (TPSA) is 95.8 Å². The number of fused-ring (bicyclic) bond motifs is 1. The van der Waals surface area contributed by atoms with Crippen LogP contribution in [0.25, 0.3) is 11.0 Å². The average Bonchev–Trinajstić information content (AvgIpc) is 2.88. The fraction of sp³-hybridized carbons (Fsp3) is 0.583.